The molecule has 2 aromatic carbocycles. The maximum Gasteiger partial charge on any atom is 0.275 e. The molecule has 170 valence electrons. The van der Waals surface area contributed by atoms with Crippen molar-refractivity contribution in [3.8, 4) is 27.6 Å². The van der Waals surface area contributed by atoms with Crippen LogP contribution in [0.2, 0.25) is 5.02 Å². The average Bonchev–Trinajstić information content (AvgIpc) is 3.51. The molecule has 0 bridgehead atoms. The smallest absolute Gasteiger partial charge is 0.275 e. The molecule has 0 radical (unpaired) electrons. The van der Waals surface area contributed by atoms with Crippen molar-refractivity contribution in [1.82, 2.24) is 9.55 Å². The van der Waals surface area contributed by atoms with Crippen LogP contribution in [0, 0.1) is 5.92 Å². The number of hydrogen-bond acceptors (Lipinski definition) is 5. The van der Waals surface area contributed by atoms with Gasteiger partial charge < -0.3 is 9.47 Å². The molecule has 2 aromatic heterocycles. The van der Waals surface area contributed by atoms with E-state index in [1.165, 1.54) is 37.0 Å². The number of ether oxygens (including phenoxy) is 2. The van der Waals surface area contributed by atoms with Crippen LogP contribution in [0.3, 0.4) is 0 Å². The molecule has 1 saturated carbocycles. The Morgan fingerprint density at radius 3 is 2.64 bits per heavy atom. The number of nitrogens with zero attached hydrogens (tertiary/aromatic N) is 2. The van der Waals surface area contributed by atoms with Crippen molar-refractivity contribution in [3.63, 3.8) is 0 Å². The monoisotopic (exact) mass is 480 g/mol. The van der Waals surface area contributed by atoms with Gasteiger partial charge >= 0.3 is 0 Å². The molecule has 0 spiro atoms. The lowest BCUT2D eigenvalue weighted by Gasteiger charge is -2.14. The van der Waals surface area contributed by atoms with Crippen molar-refractivity contribution in [2.45, 2.75) is 32.1 Å². The minimum Gasteiger partial charge on any atom is -0.493 e. The fourth-order valence-electron chi connectivity index (χ4n) is 4.41. The Labute approximate surface area is 201 Å². The van der Waals surface area contributed by atoms with Crippen LogP contribution in [0.1, 0.15) is 32.1 Å². The summed E-state index contributed by atoms with van der Waals surface area (Å²) in [6.45, 7) is 0.677. The lowest BCUT2D eigenvalue weighted by atomic mass is 10.1. The SMILES string of the molecule is COc1cc(-n2cnc3cc(-c4ccc(Cl)cc4)sc3c2=O)ccc1OCCC1CCCC1. The van der Waals surface area contributed by atoms with Crippen molar-refractivity contribution < 1.29 is 9.47 Å². The predicted molar refractivity (Wildman–Crippen MR) is 134 cm³/mol. The van der Waals surface area contributed by atoms with Crippen molar-refractivity contribution in [2.24, 2.45) is 5.92 Å². The third-order valence-electron chi connectivity index (χ3n) is 6.25. The lowest BCUT2D eigenvalue weighted by molar-refractivity contribution is 0.265. The van der Waals surface area contributed by atoms with Gasteiger partial charge in [-0.2, -0.15) is 0 Å². The number of thiophene rings is 1. The van der Waals surface area contributed by atoms with Gasteiger partial charge in [-0.1, -0.05) is 49.4 Å². The molecule has 2 heterocycles. The van der Waals surface area contributed by atoms with Crippen LogP contribution >= 0.6 is 22.9 Å². The van der Waals surface area contributed by atoms with Gasteiger partial charge in [-0.3, -0.25) is 9.36 Å². The standard InChI is InChI=1S/C26H25ClN2O3S/c1-31-23-14-20(10-11-22(23)32-13-12-17-4-2-3-5-17)29-16-28-21-15-24(33-25(21)26(29)30)18-6-8-19(27)9-7-18/h6-11,14-17H,2-5,12-13H2,1H3. The van der Waals surface area contributed by atoms with Crippen molar-refractivity contribution >= 4 is 33.2 Å². The van der Waals surface area contributed by atoms with E-state index in [1.54, 1.807) is 18.0 Å². The Kier molecular flexibility index (Phi) is 6.38. The normalized spacial score (nSPS) is 14.1. The van der Waals surface area contributed by atoms with Gasteiger partial charge in [0.1, 0.15) is 11.0 Å². The average molecular weight is 481 g/mol. The molecule has 1 aliphatic carbocycles. The summed E-state index contributed by atoms with van der Waals surface area (Å²) in [6, 6.07) is 15.1. The van der Waals surface area contributed by atoms with Gasteiger partial charge in [0.2, 0.25) is 0 Å². The first kappa shape index (κ1) is 22.0. The summed E-state index contributed by atoms with van der Waals surface area (Å²) in [5.41, 5.74) is 2.28. The molecule has 0 atom stereocenters. The van der Waals surface area contributed by atoms with E-state index < -0.39 is 0 Å². The maximum atomic E-state index is 13.3. The summed E-state index contributed by atoms with van der Waals surface area (Å²) in [5.74, 6) is 2.08. The Morgan fingerprint density at radius 2 is 1.88 bits per heavy atom. The molecule has 5 nitrogen and oxygen atoms in total. The fourth-order valence-corrected chi connectivity index (χ4v) is 5.58. The first-order chi connectivity index (χ1) is 16.1. The van der Waals surface area contributed by atoms with Crippen molar-refractivity contribution in [2.75, 3.05) is 13.7 Å². The van der Waals surface area contributed by atoms with Crippen LogP contribution in [-0.2, 0) is 0 Å². The zero-order chi connectivity index (χ0) is 22.8. The zero-order valence-electron chi connectivity index (χ0n) is 18.4. The van der Waals surface area contributed by atoms with E-state index in [0.717, 1.165) is 22.8 Å². The number of fused-ring (bicyclic) bond motifs is 1. The van der Waals surface area contributed by atoms with Gasteiger partial charge in [0.05, 0.1) is 24.9 Å². The van der Waals surface area contributed by atoms with Crippen LogP contribution in [0.15, 0.2) is 59.7 Å². The van der Waals surface area contributed by atoms with E-state index in [-0.39, 0.29) is 5.56 Å². The second-order valence-corrected chi connectivity index (χ2v) is 9.86. The highest BCUT2D eigenvalue weighted by Gasteiger charge is 2.16. The first-order valence-corrected chi connectivity index (χ1v) is 12.4. The Morgan fingerprint density at radius 1 is 1.09 bits per heavy atom. The molecule has 0 N–H and O–H groups in total. The van der Waals surface area contributed by atoms with E-state index >= 15 is 0 Å². The molecule has 33 heavy (non-hydrogen) atoms. The summed E-state index contributed by atoms with van der Waals surface area (Å²) in [6.07, 6.45) is 7.92. The Hall–Kier alpha value is -2.83. The summed E-state index contributed by atoms with van der Waals surface area (Å²) in [5, 5.41) is 0.681. The number of aromatic nitrogens is 2. The molecule has 0 unspecified atom stereocenters. The third kappa shape index (κ3) is 4.63. The quantitative estimate of drug-likeness (QED) is 0.294. The molecule has 5 rings (SSSR count). The van der Waals surface area contributed by atoms with Crippen LogP contribution in [-0.4, -0.2) is 23.3 Å². The molecule has 4 aromatic rings. The fraction of sp³-hybridized carbons (Fsp3) is 0.308. The molecule has 0 aliphatic heterocycles. The topological polar surface area (TPSA) is 53.4 Å². The zero-order valence-corrected chi connectivity index (χ0v) is 20.0. The van der Waals surface area contributed by atoms with Crippen LogP contribution in [0.5, 0.6) is 11.5 Å². The van der Waals surface area contributed by atoms with E-state index in [9.17, 15) is 4.79 Å². The first-order valence-electron chi connectivity index (χ1n) is 11.2. The van der Waals surface area contributed by atoms with Gasteiger partial charge in [-0.15, -0.1) is 11.3 Å². The highest BCUT2D eigenvalue weighted by atomic mass is 35.5. The number of benzene rings is 2. The van der Waals surface area contributed by atoms with E-state index in [1.807, 2.05) is 48.5 Å². The number of hydrogen-bond donors (Lipinski definition) is 0. The Bertz CT molecular complexity index is 1320. The lowest BCUT2D eigenvalue weighted by Crippen LogP contribution is -2.17. The molecular weight excluding hydrogens is 456 g/mol. The largest absolute Gasteiger partial charge is 0.493 e. The van der Waals surface area contributed by atoms with Gasteiger partial charge in [0, 0.05) is 16.0 Å². The maximum absolute atomic E-state index is 13.3. The van der Waals surface area contributed by atoms with Crippen molar-refractivity contribution in [1.29, 1.82) is 0 Å². The summed E-state index contributed by atoms with van der Waals surface area (Å²) < 4.78 is 13.7. The molecule has 0 saturated heterocycles. The van der Waals surface area contributed by atoms with E-state index in [0.29, 0.717) is 39.0 Å². The second-order valence-electron chi connectivity index (χ2n) is 8.37. The molecule has 0 amide bonds. The number of methoxy groups -OCH3 is 1. The Balaban J connectivity index is 1.41. The predicted octanol–water partition coefficient (Wildman–Crippen LogP) is 6.74. The summed E-state index contributed by atoms with van der Waals surface area (Å²) in [7, 11) is 1.62. The number of halogens is 1. The van der Waals surface area contributed by atoms with E-state index in [4.69, 9.17) is 21.1 Å². The third-order valence-corrected chi connectivity index (χ3v) is 7.66. The van der Waals surface area contributed by atoms with Gasteiger partial charge in [0.15, 0.2) is 11.5 Å². The van der Waals surface area contributed by atoms with Crippen LogP contribution in [0.4, 0.5) is 0 Å². The minimum absolute atomic E-state index is 0.109. The second kappa shape index (κ2) is 9.57. The van der Waals surface area contributed by atoms with Gasteiger partial charge in [0.25, 0.3) is 5.56 Å². The minimum atomic E-state index is -0.109. The van der Waals surface area contributed by atoms with E-state index in [2.05, 4.69) is 4.98 Å². The van der Waals surface area contributed by atoms with Crippen LogP contribution in [0.25, 0.3) is 26.3 Å². The summed E-state index contributed by atoms with van der Waals surface area (Å²) in [4.78, 5) is 18.8. The molecular formula is C26H25ClN2O3S. The highest BCUT2D eigenvalue weighted by Crippen LogP contribution is 2.33. The van der Waals surface area contributed by atoms with Gasteiger partial charge in [-0.05, 0) is 48.2 Å². The molecule has 1 fully saturated rings. The highest BCUT2D eigenvalue weighted by molar-refractivity contribution is 7.22. The van der Waals surface area contributed by atoms with Crippen molar-refractivity contribution in [3.05, 3.63) is 70.2 Å². The van der Waals surface area contributed by atoms with Crippen LogP contribution < -0.4 is 15.0 Å². The van der Waals surface area contributed by atoms with Gasteiger partial charge in [-0.25, -0.2) is 4.98 Å². The summed E-state index contributed by atoms with van der Waals surface area (Å²) >= 11 is 7.44. The molecule has 7 heteroatoms. The molecule has 1 aliphatic rings. The number of rotatable bonds is 7.